The van der Waals surface area contributed by atoms with Gasteiger partial charge in [0.2, 0.25) is 0 Å². The molecule has 1 saturated carbocycles. The van der Waals surface area contributed by atoms with Gasteiger partial charge in [-0.1, -0.05) is 12.8 Å². The van der Waals surface area contributed by atoms with Crippen LogP contribution >= 0.6 is 0 Å². The van der Waals surface area contributed by atoms with Gasteiger partial charge in [0, 0.05) is 23.7 Å². The number of likely N-dealkylation sites (tertiary alicyclic amines) is 1. The standard InChI is InChI=1S/C17H20N2O5/c1-24-17(21)15-10-12-4-2-3-5-14(12)18(15)16(20)11-6-8-13(9-7-11)19(22)23/h6-9,12,14-15H,2-5,10H2,1H3/t12-,14+,15+/m1/s1. The molecule has 0 radical (unpaired) electrons. The van der Waals surface area contributed by atoms with Gasteiger partial charge in [0.25, 0.3) is 11.6 Å². The average Bonchev–Trinajstić information content (AvgIpc) is 3.00. The first kappa shape index (κ1) is 16.4. The fourth-order valence-corrected chi connectivity index (χ4v) is 3.97. The summed E-state index contributed by atoms with van der Waals surface area (Å²) in [6.07, 6.45) is 4.70. The fraction of sp³-hybridized carbons (Fsp3) is 0.529. The van der Waals surface area contributed by atoms with Crippen LogP contribution in [0.15, 0.2) is 24.3 Å². The van der Waals surface area contributed by atoms with E-state index in [4.69, 9.17) is 4.74 Å². The van der Waals surface area contributed by atoms with E-state index in [0.717, 1.165) is 25.7 Å². The largest absolute Gasteiger partial charge is 0.467 e. The molecule has 3 rings (SSSR count). The predicted molar refractivity (Wildman–Crippen MR) is 85.4 cm³/mol. The maximum atomic E-state index is 13.0. The molecule has 1 heterocycles. The lowest BCUT2D eigenvalue weighted by atomic mass is 9.84. The van der Waals surface area contributed by atoms with Gasteiger partial charge in [-0.15, -0.1) is 0 Å². The van der Waals surface area contributed by atoms with Crippen LogP contribution in [0.5, 0.6) is 0 Å². The third-order valence-electron chi connectivity index (χ3n) is 5.12. The van der Waals surface area contributed by atoms with Crippen LogP contribution in [0, 0.1) is 16.0 Å². The number of hydrogen-bond donors (Lipinski definition) is 0. The molecule has 3 atom stereocenters. The second-order valence-corrected chi connectivity index (χ2v) is 6.40. The minimum atomic E-state index is -0.564. The van der Waals surface area contributed by atoms with Crippen LogP contribution in [0.1, 0.15) is 42.5 Å². The van der Waals surface area contributed by atoms with Gasteiger partial charge in [-0.2, -0.15) is 0 Å². The summed E-state index contributed by atoms with van der Waals surface area (Å²) in [6.45, 7) is 0. The van der Waals surface area contributed by atoms with Crippen LogP contribution < -0.4 is 0 Å². The van der Waals surface area contributed by atoms with Crippen molar-refractivity contribution in [2.45, 2.75) is 44.2 Å². The van der Waals surface area contributed by atoms with Gasteiger partial charge < -0.3 is 9.64 Å². The summed E-state index contributed by atoms with van der Waals surface area (Å²) in [5.41, 5.74) is 0.300. The monoisotopic (exact) mass is 332 g/mol. The summed E-state index contributed by atoms with van der Waals surface area (Å²) in [4.78, 5) is 37.0. The van der Waals surface area contributed by atoms with Gasteiger partial charge in [0.05, 0.1) is 12.0 Å². The van der Waals surface area contributed by atoms with Gasteiger partial charge in [-0.25, -0.2) is 4.79 Å². The van der Waals surface area contributed by atoms with Gasteiger partial charge >= 0.3 is 5.97 Å². The summed E-state index contributed by atoms with van der Waals surface area (Å²) in [5.74, 6) is -0.320. The van der Waals surface area contributed by atoms with E-state index in [1.807, 2.05) is 0 Å². The maximum Gasteiger partial charge on any atom is 0.328 e. The number of esters is 1. The van der Waals surface area contributed by atoms with Crippen molar-refractivity contribution in [2.24, 2.45) is 5.92 Å². The summed E-state index contributed by atoms with van der Waals surface area (Å²) in [5, 5.41) is 10.8. The minimum Gasteiger partial charge on any atom is -0.467 e. The Labute approximate surface area is 139 Å². The lowest BCUT2D eigenvalue weighted by Crippen LogP contribution is -2.46. The number of nitro groups is 1. The highest BCUT2D eigenvalue weighted by Gasteiger charge is 2.48. The quantitative estimate of drug-likeness (QED) is 0.482. The van der Waals surface area contributed by atoms with Gasteiger partial charge in [0.1, 0.15) is 6.04 Å². The zero-order valence-corrected chi connectivity index (χ0v) is 13.5. The Balaban J connectivity index is 1.89. The highest BCUT2D eigenvalue weighted by atomic mass is 16.6. The average molecular weight is 332 g/mol. The Morgan fingerprint density at radius 3 is 2.50 bits per heavy atom. The summed E-state index contributed by atoms with van der Waals surface area (Å²) in [6, 6.07) is 5.01. The molecule has 2 fully saturated rings. The zero-order valence-electron chi connectivity index (χ0n) is 13.5. The molecule has 0 aromatic heterocycles. The second-order valence-electron chi connectivity index (χ2n) is 6.40. The van der Waals surface area contributed by atoms with E-state index >= 15 is 0 Å². The number of fused-ring (bicyclic) bond motifs is 1. The van der Waals surface area contributed by atoms with Crippen molar-refractivity contribution < 1.29 is 19.2 Å². The maximum absolute atomic E-state index is 13.0. The van der Waals surface area contributed by atoms with Crippen LogP contribution in [-0.4, -0.2) is 40.9 Å². The predicted octanol–water partition coefficient (Wildman–Crippen LogP) is 2.54. The molecule has 7 nitrogen and oxygen atoms in total. The molecule has 1 aliphatic heterocycles. The Kier molecular flexibility index (Phi) is 4.51. The van der Waals surface area contributed by atoms with Gasteiger partial charge in [-0.3, -0.25) is 14.9 Å². The molecule has 0 spiro atoms. The van der Waals surface area contributed by atoms with Crippen molar-refractivity contribution in [1.82, 2.24) is 4.90 Å². The van der Waals surface area contributed by atoms with Crippen molar-refractivity contribution in [3.63, 3.8) is 0 Å². The summed E-state index contributed by atoms with van der Waals surface area (Å²) in [7, 11) is 1.33. The van der Waals surface area contributed by atoms with E-state index in [1.165, 1.54) is 31.4 Å². The Morgan fingerprint density at radius 2 is 1.88 bits per heavy atom. The van der Waals surface area contributed by atoms with Crippen LogP contribution in [0.25, 0.3) is 0 Å². The van der Waals surface area contributed by atoms with Crippen LogP contribution in [0.2, 0.25) is 0 Å². The molecule has 7 heteroatoms. The molecular weight excluding hydrogens is 312 g/mol. The first-order valence-electron chi connectivity index (χ1n) is 8.18. The lowest BCUT2D eigenvalue weighted by Gasteiger charge is -2.33. The first-order chi connectivity index (χ1) is 11.5. The molecule has 1 aromatic carbocycles. The van der Waals surface area contributed by atoms with Crippen molar-refractivity contribution in [1.29, 1.82) is 0 Å². The number of carbonyl (C=O) groups is 2. The third-order valence-corrected chi connectivity index (χ3v) is 5.12. The molecule has 128 valence electrons. The van der Waals surface area contributed by atoms with E-state index in [-0.39, 0.29) is 23.6 Å². The van der Waals surface area contributed by atoms with E-state index in [1.54, 1.807) is 4.90 Å². The number of methoxy groups -OCH3 is 1. The number of rotatable bonds is 3. The Hall–Kier alpha value is -2.44. The Morgan fingerprint density at radius 1 is 1.21 bits per heavy atom. The van der Waals surface area contributed by atoms with Crippen molar-refractivity contribution in [3.8, 4) is 0 Å². The fourth-order valence-electron chi connectivity index (χ4n) is 3.97. The Bertz CT molecular complexity index is 657. The van der Waals surface area contributed by atoms with Gasteiger partial charge in [-0.05, 0) is 37.3 Å². The molecule has 1 aromatic rings. The lowest BCUT2D eigenvalue weighted by molar-refractivity contribution is -0.384. The highest BCUT2D eigenvalue weighted by Crippen LogP contribution is 2.40. The molecule has 0 unspecified atom stereocenters. The zero-order chi connectivity index (χ0) is 17.3. The molecular formula is C17H20N2O5. The number of non-ortho nitro benzene ring substituents is 1. The molecule has 1 amide bonds. The molecule has 24 heavy (non-hydrogen) atoms. The number of nitro benzene ring substituents is 1. The highest BCUT2D eigenvalue weighted by molar-refractivity contribution is 5.97. The number of benzene rings is 1. The molecule has 0 bridgehead atoms. The smallest absolute Gasteiger partial charge is 0.328 e. The first-order valence-corrected chi connectivity index (χ1v) is 8.18. The SMILES string of the molecule is COC(=O)[C@@H]1C[C@H]2CCCC[C@@H]2N1C(=O)c1ccc([N+](=O)[O-])cc1. The summed E-state index contributed by atoms with van der Waals surface area (Å²) < 4.78 is 4.88. The molecule has 2 aliphatic rings. The number of nitrogens with zero attached hydrogens (tertiary/aromatic N) is 2. The normalized spacial score (nSPS) is 25.9. The van der Waals surface area contributed by atoms with Crippen LogP contribution in [0.4, 0.5) is 5.69 Å². The van der Waals surface area contributed by atoms with Crippen molar-refractivity contribution >= 4 is 17.6 Å². The topological polar surface area (TPSA) is 89.8 Å². The van der Waals surface area contributed by atoms with E-state index in [2.05, 4.69) is 0 Å². The third kappa shape index (κ3) is 2.86. The number of ether oxygens (including phenoxy) is 1. The van der Waals surface area contributed by atoms with Crippen LogP contribution in [0.3, 0.4) is 0 Å². The van der Waals surface area contributed by atoms with Gasteiger partial charge in [0.15, 0.2) is 0 Å². The second kappa shape index (κ2) is 6.59. The van der Waals surface area contributed by atoms with Crippen molar-refractivity contribution in [3.05, 3.63) is 39.9 Å². The number of amides is 1. The minimum absolute atomic E-state index is 0.0468. The van der Waals surface area contributed by atoms with E-state index in [9.17, 15) is 19.7 Å². The van der Waals surface area contributed by atoms with E-state index < -0.39 is 11.0 Å². The van der Waals surface area contributed by atoms with E-state index in [0.29, 0.717) is 17.9 Å². The molecule has 1 saturated heterocycles. The molecule has 0 N–H and O–H groups in total. The van der Waals surface area contributed by atoms with Crippen LogP contribution in [-0.2, 0) is 9.53 Å². The number of carbonyl (C=O) groups excluding carboxylic acids is 2. The molecule has 1 aliphatic carbocycles. The summed E-state index contributed by atoms with van der Waals surface area (Å²) >= 11 is 0. The number of hydrogen-bond acceptors (Lipinski definition) is 5. The van der Waals surface area contributed by atoms with Crippen molar-refractivity contribution in [2.75, 3.05) is 7.11 Å².